The molecule has 6 nitrogen and oxygen atoms in total. The zero-order valence-electron chi connectivity index (χ0n) is 15.5. The van der Waals surface area contributed by atoms with E-state index in [9.17, 15) is 4.79 Å². The quantitative estimate of drug-likeness (QED) is 0.717. The van der Waals surface area contributed by atoms with Gasteiger partial charge in [-0.1, -0.05) is 24.3 Å². The maximum Gasteiger partial charge on any atom is 0.257 e. The van der Waals surface area contributed by atoms with E-state index in [-0.39, 0.29) is 5.91 Å². The summed E-state index contributed by atoms with van der Waals surface area (Å²) in [6.45, 7) is 6.02. The second-order valence-electron chi connectivity index (χ2n) is 6.82. The Morgan fingerprint density at radius 1 is 1.00 bits per heavy atom. The Labute approximate surface area is 159 Å². The summed E-state index contributed by atoms with van der Waals surface area (Å²) >= 11 is 0. The fourth-order valence-corrected chi connectivity index (χ4v) is 3.48. The molecule has 1 aliphatic rings. The number of rotatable bonds is 4. The molecular formula is C21H23N5O. The number of hydrogen-bond donors (Lipinski definition) is 0. The highest BCUT2D eigenvalue weighted by Crippen LogP contribution is 2.17. The smallest absolute Gasteiger partial charge is 0.257 e. The Bertz CT molecular complexity index is 899. The number of carbonyl (C=O) groups excluding carboxylic acids is 1. The van der Waals surface area contributed by atoms with Gasteiger partial charge >= 0.3 is 0 Å². The molecule has 0 aliphatic carbocycles. The largest absolute Gasteiger partial charge is 0.336 e. The minimum absolute atomic E-state index is 0.0655. The molecule has 1 amide bonds. The highest BCUT2D eigenvalue weighted by Gasteiger charge is 2.25. The third-order valence-corrected chi connectivity index (χ3v) is 5.03. The number of hydrogen-bond acceptors (Lipinski definition) is 4. The van der Waals surface area contributed by atoms with Crippen molar-refractivity contribution in [1.29, 1.82) is 0 Å². The summed E-state index contributed by atoms with van der Waals surface area (Å²) in [5.74, 6) is 0.0655. The molecule has 2 aromatic heterocycles. The topological polar surface area (TPSA) is 54.3 Å². The number of aromatic nitrogens is 3. The van der Waals surface area contributed by atoms with Gasteiger partial charge in [0.2, 0.25) is 0 Å². The summed E-state index contributed by atoms with van der Waals surface area (Å²) < 4.78 is 1.83. The molecule has 0 atom stereocenters. The first-order valence-corrected chi connectivity index (χ1v) is 9.23. The van der Waals surface area contributed by atoms with E-state index in [1.807, 2.05) is 59.1 Å². The summed E-state index contributed by atoms with van der Waals surface area (Å²) in [5, 5.41) is 4.42. The summed E-state index contributed by atoms with van der Waals surface area (Å²) in [7, 11) is 0. The van der Waals surface area contributed by atoms with Crippen LogP contribution in [0.5, 0.6) is 0 Å². The van der Waals surface area contributed by atoms with Crippen LogP contribution in [0.25, 0.3) is 5.69 Å². The van der Waals surface area contributed by atoms with Crippen LogP contribution in [0.2, 0.25) is 0 Å². The molecule has 4 rings (SSSR count). The summed E-state index contributed by atoms with van der Waals surface area (Å²) in [4.78, 5) is 21.4. The zero-order valence-corrected chi connectivity index (χ0v) is 15.5. The molecule has 1 aliphatic heterocycles. The highest BCUT2D eigenvalue weighted by atomic mass is 16.2. The van der Waals surface area contributed by atoms with Gasteiger partial charge in [0.05, 0.1) is 23.1 Å². The van der Waals surface area contributed by atoms with Crippen molar-refractivity contribution in [1.82, 2.24) is 24.6 Å². The number of carbonyl (C=O) groups is 1. The fraction of sp³-hybridized carbons (Fsp3) is 0.286. The minimum Gasteiger partial charge on any atom is -0.336 e. The van der Waals surface area contributed by atoms with Gasteiger partial charge in [0, 0.05) is 45.1 Å². The van der Waals surface area contributed by atoms with Crippen molar-refractivity contribution in [3.05, 3.63) is 77.9 Å². The third-order valence-electron chi connectivity index (χ3n) is 5.03. The van der Waals surface area contributed by atoms with Crippen LogP contribution in [0.4, 0.5) is 0 Å². The van der Waals surface area contributed by atoms with Crippen molar-refractivity contribution in [3.63, 3.8) is 0 Å². The van der Waals surface area contributed by atoms with E-state index in [0.717, 1.165) is 44.1 Å². The van der Waals surface area contributed by atoms with E-state index < -0.39 is 0 Å². The molecule has 0 N–H and O–H groups in total. The predicted octanol–water partition coefficient (Wildman–Crippen LogP) is 2.53. The third kappa shape index (κ3) is 3.75. The fourth-order valence-electron chi connectivity index (χ4n) is 3.48. The van der Waals surface area contributed by atoms with Gasteiger partial charge < -0.3 is 4.90 Å². The molecule has 0 unspecified atom stereocenters. The molecule has 27 heavy (non-hydrogen) atoms. The lowest BCUT2D eigenvalue weighted by Crippen LogP contribution is -2.48. The number of pyridine rings is 1. The number of nitrogens with zero attached hydrogens (tertiary/aromatic N) is 5. The summed E-state index contributed by atoms with van der Waals surface area (Å²) in [5.41, 5.74) is 3.73. The second kappa shape index (κ2) is 7.72. The van der Waals surface area contributed by atoms with Crippen LogP contribution < -0.4 is 0 Å². The van der Waals surface area contributed by atoms with Crippen molar-refractivity contribution in [2.45, 2.75) is 13.5 Å². The van der Waals surface area contributed by atoms with Gasteiger partial charge in [0.25, 0.3) is 5.91 Å². The molecule has 3 heterocycles. The van der Waals surface area contributed by atoms with Crippen molar-refractivity contribution in [2.24, 2.45) is 0 Å². The Balaban J connectivity index is 1.41. The van der Waals surface area contributed by atoms with E-state index >= 15 is 0 Å². The van der Waals surface area contributed by atoms with Crippen LogP contribution in [0.3, 0.4) is 0 Å². The average molecular weight is 361 g/mol. The Kier molecular flexibility index (Phi) is 4.98. The van der Waals surface area contributed by atoms with Crippen molar-refractivity contribution in [2.75, 3.05) is 26.2 Å². The van der Waals surface area contributed by atoms with Crippen molar-refractivity contribution >= 4 is 5.91 Å². The van der Waals surface area contributed by atoms with E-state index in [4.69, 9.17) is 0 Å². The molecule has 1 fully saturated rings. The van der Waals surface area contributed by atoms with Gasteiger partial charge in [-0.2, -0.15) is 5.10 Å². The molecule has 6 heteroatoms. The first kappa shape index (κ1) is 17.4. The number of benzene rings is 1. The van der Waals surface area contributed by atoms with Gasteiger partial charge in [-0.25, -0.2) is 4.68 Å². The van der Waals surface area contributed by atoms with Crippen molar-refractivity contribution in [3.8, 4) is 5.69 Å². The minimum atomic E-state index is 0.0655. The first-order valence-electron chi connectivity index (χ1n) is 9.23. The van der Waals surface area contributed by atoms with Gasteiger partial charge in [-0.15, -0.1) is 0 Å². The van der Waals surface area contributed by atoms with E-state index in [0.29, 0.717) is 5.56 Å². The zero-order chi connectivity index (χ0) is 18.6. The lowest BCUT2D eigenvalue weighted by molar-refractivity contribution is 0.0627. The second-order valence-corrected chi connectivity index (χ2v) is 6.82. The Morgan fingerprint density at radius 2 is 1.78 bits per heavy atom. The molecule has 0 spiro atoms. The standard InChI is InChI=1S/C21H23N5O/c1-17-20(15-23-26(17)19-7-3-2-4-8-19)21(27)25-12-10-24(11-13-25)16-18-6-5-9-22-14-18/h2-9,14-15H,10-13,16H2,1H3. The van der Waals surface area contributed by atoms with Crippen molar-refractivity contribution < 1.29 is 4.79 Å². The van der Waals surface area contributed by atoms with Crippen LogP contribution in [0, 0.1) is 6.92 Å². The van der Waals surface area contributed by atoms with Gasteiger partial charge in [-0.3, -0.25) is 14.7 Å². The van der Waals surface area contributed by atoms with E-state index in [1.54, 1.807) is 12.4 Å². The number of para-hydroxylation sites is 1. The SMILES string of the molecule is Cc1c(C(=O)N2CCN(Cc3cccnc3)CC2)cnn1-c1ccccc1. The van der Waals surface area contributed by atoms with Crippen LogP contribution in [0.15, 0.2) is 61.1 Å². The van der Waals surface area contributed by atoms with E-state index in [1.165, 1.54) is 5.56 Å². The maximum absolute atomic E-state index is 13.0. The monoisotopic (exact) mass is 361 g/mol. The molecule has 138 valence electrons. The van der Waals surface area contributed by atoms with Crippen LogP contribution in [-0.2, 0) is 6.54 Å². The maximum atomic E-state index is 13.0. The lowest BCUT2D eigenvalue weighted by Gasteiger charge is -2.34. The summed E-state index contributed by atoms with van der Waals surface area (Å²) in [6, 6.07) is 13.9. The molecule has 0 radical (unpaired) electrons. The van der Waals surface area contributed by atoms with Gasteiger partial charge in [-0.05, 0) is 30.7 Å². The predicted molar refractivity (Wildman–Crippen MR) is 104 cm³/mol. The normalized spacial score (nSPS) is 15.1. The van der Waals surface area contributed by atoms with Crippen LogP contribution in [0.1, 0.15) is 21.6 Å². The molecule has 3 aromatic rings. The van der Waals surface area contributed by atoms with Gasteiger partial charge in [0.1, 0.15) is 0 Å². The molecule has 1 aromatic carbocycles. The molecular weight excluding hydrogens is 338 g/mol. The average Bonchev–Trinajstić information content (AvgIpc) is 3.11. The van der Waals surface area contributed by atoms with E-state index in [2.05, 4.69) is 21.0 Å². The van der Waals surface area contributed by atoms with Crippen LogP contribution in [-0.4, -0.2) is 56.7 Å². The number of amides is 1. The van der Waals surface area contributed by atoms with Gasteiger partial charge in [0.15, 0.2) is 0 Å². The summed E-state index contributed by atoms with van der Waals surface area (Å²) in [6.07, 6.45) is 5.38. The number of piperazine rings is 1. The van der Waals surface area contributed by atoms with Crippen LogP contribution >= 0.6 is 0 Å². The Morgan fingerprint density at radius 3 is 2.48 bits per heavy atom. The Hall–Kier alpha value is -2.99. The molecule has 0 bridgehead atoms. The molecule has 0 saturated carbocycles. The first-order chi connectivity index (χ1) is 13.2. The highest BCUT2D eigenvalue weighted by molar-refractivity contribution is 5.95. The lowest BCUT2D eigenvalue weighted by atomic mass is 10.2. The molecule has 1 saturated heterocycles.